The Morgan fingerprint density at radius 1 is 1.15 bits per heavy atom. The van der Waals surface area contributed by atoms with E-state index in [0.717, 1.165) is 24.0 Å². The molecule has 0 radical (unpaired) electrons. The van der Waals surface area contributed by atoms with E-state index in [2.05, 4.69) is 11.4 Å². The lowest BCUT2D eigenvalue weighted by Gasteiger charge is -2.22. The standard InChI is InChI=1S/C22H22N2O3/c1-22(15-23,18-11-12-18)24-20(25)14-27-21(26)19-10-6-5-9-17(19)13-16-7-3-2-4-8-16/h2-10,18H,11-14H2,1H3,(H,24,25)/t22-/m0/s1. The zero-order chi connectivity index (χ0) is 19.3. The van der Waals surface area contributed by atoms with Gasteiger partial charge < -0.3 is 10.1 Å². The van der Waals surface area contributed by atoms with E-state index in [4.69, 9.17) is 4.74 Å². The smallest absolute Gasteiger partial charge is 0.338 e. The number of nitrogens with zero attached hydrogens (tertiary/aromatic N) is 1. The Morgan fingerprint density at radius 2 is 1.81 bits per heavy atom. The molecular formula is C22H22N2O3. The first-order valence-electron chi connectivity index (χ1n) is 9.03. The molecule has 2 aromatic rings. The van der Waals surface area contributed by atoms with Crippen LogP contribution in [0.15, 0.2) is 54.6 Å². The van der Waals surface area contributed by atoms with Crippen LogP contribution in [-0.2, 0) is 16.0 Å². The van der Waals surface area contributed by atoms with Crippen LogP contribution in [0.5, 0.6) is 0 Å². The molecular weight excluding hydrogens is 340 g/mol. The van der Waals surface area contributed by atoms with Gasteiger partial charge in [0.05, 0.1) is 11.6 Å². The summed E-state index contributed by atoms with van der Waals surface area (Å²) in [7, 11) is 0. The van der Waals surface area contributed by atoms with Gasteiger partial charge in [-0.1, -0.05) is 48.5 Å². The molecule has 1 aliphatic rings. The molecule has 0 spiro atoms. The molecule has 3 rings (SSSR count). The zero-order valence-electron chi connectivity index (χ0n) is 15.3. The topological polar surface area (TPSA) is 79.2 Å². The molecule has 1 saturated carbocycles. The van der Waals surface area contributed by atoms with Gasteiger partial charge in [0.15, 0.2) is 6.61 Å². The monoisotopic (exact) mass is 362 g/mol. The molecule has 0 saturated heterocycles. The van der Waals surface area contributed by atoms with Crippen molar-refractivity contribution in [3.8, 4) is 6.07 Å². The Kier molecular flexibility index (Phi) is 5.56. The highest BCUT2D eigenvalue weighted by Gasteiger charge is 2.43. The molecule has 1 fully saturated rings. The lowest BCUT2D eigenvalue weighted by atomic mass is 9.98. The fraction of sp³-hybridized carbons (Fsp3) is 0.318. The van der Waals surface area contributed by atoms with Crippen molar-refractivity contribution < 1.29 is 14.3 Å². The van der Waals surface area contributed by atoms with Crippen LogP contribution in [0, 0.1) is 17.2 Å². The molecule has 0 aromatic heterocycles. The molecule has 2 aromatic carbocycles. The van der Waals surface area contributed by atoms with Gasteiger partial charge >= 0.3 is 5.97 Å². The number of hydrogen-bond acceptors (Lipinski definition) is 4. The van der Waals surface area contributed by atoms with Gasteiger partial charge in [-0.25, -0.2) is 4.79 Å². The molecule has 5 nitrogen and oxygen atoms in total. The van der Waals surface area contributed by atoms with Gasteiger partial charge in [0.2, 0.25) is 0 Å². The molecule has 0 unspecified atom stereocenters. The van der Waals surface area contributed by atoms with Crippen LogP contribution < -0.4 is 5.32 Å². The summed E-state index contributed by atoms with van der Waals surface area (Å²) >= 11 is 0. The molecule has 27 heavy (non-hydrogen) atoms. The maximum Gasteiger partial charge on any atom is 0.338 e. The number of carbonyl (C=O) groups excluding carboxylic acids is 2. The number of nitriles is 1. The average molecular weight is 362 g/mol. The van der Waals surface area contributed by atoms with E-state index >= 15 is 0 Å². The van der Waals surface area contributed by atoms with E-state index in [1.165, 1.54) is 0 Å². The Balaban J connectivity index is 1.61. The van der Waals surface area contributed by atoms with Gasteiger partial charge in [-0.15, -0.1) is 0 Å². The van der Waals surface area contributed by atoms with Crippen molar-refractivity contribution in [1.29, 1.82) is 5.26 Å². The van der Waals surface area contributed by atoms with Crippen molar-refractivity contribution in [2.75, 3.05) is 6.61 Å². The Labute approximate surface area is 159 Å². The minimum Gasteiger partial charge on any atom is -0.452 e. The second-order valence-electron chi connectivity index (χ2n) is 7.03. The van der Waals surface area contributed by atoms with Crippen LogP contribution >= 0.6 is 0 Å². The Morgan fingerprint density at radius 3 is 2.48 bits per heavy atom. The van der Waals surface area contributed by atoms with Crippen molar-refractivity contribution in [1.82, 2.24) is 5.32 Å². The van der Waals surface area contributed by atoms with Crippen molar-refractivity contribution in [2.45, 2.75) is 31.7 Å². The van der Waals surface area contributed by atoms with E-state index in [-0.39, 0.29) is 5.92 Å². The minimum atomic E-state index is -0.894. The predicted molar refractivity (Wildman–Crippen MR) is 101 cm³/mol. The van der Waals surface area contributed by atoms with Gasteiger partial charge in [-0.3, -0.25) is 4.79 Å². The largest absolute Gasteiger partial charge is 0.452 e. The highest BCUT2D eigenvalue weighted by molar-refractivity contribution is 5.93. The molecule has 0 heterocycles. The number of rotatable bonds is 7. The first kappa shape index (κ1) is 18.7. The van der Waals surface area contributed by atoms with Crippen molar-refractivity contribution in [2.24, 2.45) is 5.92 Å². The van der Waals surface area contributed by atoms with Crippen LogP contribution in [0.1, 0.15) is 41.3 Å². The summed E-state index contributed by atoms with van der Waals surface area (Å²) < 4.78 is 5.20. The number of benzene rings is 2. The van der Waals surface area contributed by atoms with E-state index in [0.29, 0.717) is 12.0 Å². The summed E-state index contributed by atoms with van der Waals surface area (Å²) in [5.41, 5.74) is 1.48. The van der Waals surface area contributed by atoms with Gasteiger partial charge in [-0.2, -0.15) is 5.26 Å². The molecule has 0 aliphatic heterocycles. The SMILES string of the molecule is C[C@@](C#N)(NC(=O)COC(=O)c1ccccc1Cc1ccccc1)C1CC1. The van der Waals surface area contributed by atoms with Gasteiger partial charge in [0.1, 0.15) is 5.54 Å². The normalized spacial score (nSPS) is 15.3. The number of esters is 1. The second-order valence-corrected chi connectivity index (χ2v) is 7.03. The van der Waals surface area contributed by atoms with E-state index in [9.17, 15) is 14.9 Å². The summed E-state index contributed by atoms with van der Waals surface area (Å²) in [6.07, 6.45) is 2.46. The maximum absolute atomic E-state index is 12.5. The van der Waals surface area contributed by atoms with E-state index in [1.807, 2.05) is 42.5 Å². The maximum atomic E-state index is 12.5. The fourth-order valence-corrected chi connectivity index (χ4v) is 3.11. The quantitative estimate of drug-likeness (QED) is 0.767. The zero-order valence-corrected chi connectivity index (χ0v) is 15.3. The van der Waals surface area contributed by atoms with Crippen molar-refractivity contribution >= 4 is 11.9 Å². The third-order valence-corrected chi connectivity index (χ3v) is 4.83. The van der Waals surface area contributed by atoms with Gasteiger partial charge in [0.25, 0.3) is 5.91 Å². The van der Waals surface area contributed by atoms with Crippen LogP contribution in [-0.4, -0.2) is 24.0 Å². The lowest BCUT2D eigenvalue weighted by molar-refractivity contribution is -0.125. The minimum absolute atomic E-state index is 0.175. The molecule has 1 amide bonds. The summed E-state index contributed by atoms with van der Waals surface area (Å²) in [5.74, 6) is -0.824. The lowest BCUT2D eigenvalue weighted by Crippen LogP contribution is -2.48. The number of hydrogen-bond donors (Lipinski definition) is 1. The van der Waals surface area contributed by atoms with Crippen LogP contribution in [0.25, 0.3) is 0 Å². The first-order valence-corrected chi connectivity index (χ1v) is 9.03. The molecule has 1 aliphatic carbocycles. The van der Waals surface area contributed by atoms with Gasteiger partial charge in [-0.05, 0) is 49.3 Å². The number of carbonyl (C=O) groups is 2. The van der Waals surface area contributed by atoms with Crippen molar-refractivity contribution in [3.05, 3.63) is 71.3 Å². The molecule has 0 bridgehead atoms. The predicted octanol–water partition coefficient (Wildman–Crippen LogP) is 3.24. The van der Waals surface area contributed by atoms with Gasteiger partial charge in [0, 0.05) is 0 Å². The molecule has 5 heteroatoms. The van der Waals surface area contributed by atoms with E-state index in [1.54, 1.807) is 19.1 Å². The summed E-state index contributed by atoms with van der Waals surface area (Å²) in [4.78, 5) is 24.6. The number of ether oxygens (including phenoxy) is 1. The Hall–Kier alpha value is -3.13. The van der Waals surface area contributed by atoms with Crippen LogP contribution in [0.2, 0.25) is 0 Å². The molecule has 1 atom stereocenters. The fourth-order valence-electron chi connectivity index (χ4n) is 3.11. The average Bonchev–Trinajstić information content (AvgIpc) is 3.53. The molecule has 138 valence electrons. The summed E-state index contributed by atoms with van der Waals surface area (Å²) in [6.45, 7) is 1.31. The summed E-state index contributed by atoms with van der Waals surface area (Å²) in [5, 5.41) is 12.0. The van der Waals surface area contributed by atoms with E-state index < -0.39 is 24.0 Å². The summed E-state index contributed by atoms with van der Waals surface area (Å²) in [6, 6.07) is 19.2. The third kappa shape index (κ3) is 4.73. The van der Waals surface area contributed by atoms with Crippen LogP contribution in [0.4, 0.5) is 0 Å². The highest BCUT2D eigenvalue weighted by Crippen LogP contribution is 2.39. The third-order valence-electron chi connectivity index (χ3n) is 4.83. The number of nitrogens with one attached hydrogen (secondary N) is 1. The second kappa shape index (κ2) is 8.05. The highest BCUT2D eigenvalue weighted by atomic mass is 16.5. The van der Waals surface area contributed by atoms with Crippen molar-refractivity contribution in [3.63, 3.8) is 0 Å². The van der Waals surface area contributed by atoms with Crippen LogP contribution in [0.3, 0.4) is 0 Å². The molecule has 1 N–H and O–H groups in total. The number of amides is 1. The Bertz CT molecular complexity index is 869. The first-order chi connectivity index (χ1) is 13.0.